The minimum atomic E-state index is 0.0914. The van der Waals surface area contributed by atoms with E-state index in [0.717, 1.165) is 22.6 Å². The van der Waals surface area contributed by atoms with Crippen molar-refractivity contribution in [1.29, 1.82) is 0 Å². The highest BCUT2D eigenvalue weighted by atomic mass is 16.5. The van der Waals surface area contributed by atoms with Gasteiger partial charge < -0.3 is 18.9 Å². The third kappa shape index (κ3) is 4.23. The largest absolute Gasteiger partial charge is 0.497 e. The molecule has 1 amide bonds. The minimum absolute atomic E-state index is 0.0914. The number of likely N-dealkylation sites (tertiary alicyclic amines) is 1. The fourth-order valence-electron chi connectivity index (χ4n) is 3.39. The average molecular weight is 393 g/mol. The van der Waals surface area contributed by atoms with Gasteiger partial charge in [-0.1, -0.05) is 35.5 Å². The van der Waals surface area contributed by atoms with E-state index in [9.17, 15) is 4.79 Å². The molecule has 1 saturated heterocycles. The molecule has 3 aromatic rings. The first kappa shape index (κ1) is 19.0. The van der Waals surface area contributed by atoms with Gasteiger partial charge in [0.1, 0.15) is 11.5 Å². The highest BCUT2D eigenvalue weighted by molar-refractivity contribution is 5.79. The molecule has 1 aliphatic heterocycles. The minimum Gasteiger partial charge on any atom is -0.497 e. The van der Waals surface area contributed by atoms with Gasteiger partial charge >= 0.3 is 0 Å². The van der Waals surface area contributed by atoms with E-state index in [-0.39, 0.29) is 11.8 Å². The number of nitrogens with zero attached hydrogens (tertiary/aromatic N) is 3. The second-order valence-electron chi connectivity index (χ2n) is 7.06. The molecule has 0 atom stereocenters. The van der Waals surface area contributed by atoms with Gasteiger partial charge in [-0.2, -0.15) is 4.98 Å². The molecule has 1 aromatic heterocycles. The summed E-state index contributed by atoms with van der Waals surface area (Å²) in [6.07, 6.45) is 0.917. The Balaban J connectivity index is 1.31. The first-order valence-electron chi connectivity index (χ1n) is 9.51. The molecule has 2 heterocycles. The molecule has 0 saturated carbocycles. The van der Waals surface area contributed by atoms with Crippen LogP contribution < -0.4 is 9.47 Å². The van der Waals surface area contributed by atoms with Crippen LogP contribution in [0.25, 0.3) is 0 Å². The van der Waals surface area contributed by atoms with Crippen LogP contribution in [0, 0.1) is 0 Å². The third-order valence-corrected chi connectivity index (χ3v) is 5.12. The topological polar surface area (TPSA) is 77.7 Å². The molecule has 0 bridgehead atoms. The summed E-state index contributed by atoms with van der Waals surface area (Å²) in [5, 5.41) is 4.09. The zero-order valence-electron chi connectivity index (χ0n) is 16.5. The summed E-state index contributed by atoms with van der Waals surface area (Å²) in [6, 6.07) is 15.3. The maximum absolute atomic E-state index is 12.5. The SMILES string of the molecule is COc1ccc(CC(=O)N2CC(c3nc(Cc4ccccc4OC)no3)C2)cc1. The second-order valence-corrected chi connectivity index (χ2v) is 7.06. The van der Waals surface area contributed by atoms with Crippen molar-refractivity contribution in [3.05, 3.63) is 71.4 Å². The Morgan fingerprint density at radius 1 is 1.10 bits per heavy atom. The molecule has 0 N–H and O–H groups in total. The lowest BCUT2D eigenvalue weighted by Gasteiger charge is -2.37. The van der Waals surface area contributed by atoms with Gasteiger partial charge in [0.2, 0.25) is 11.8 Å². The van der Waals surface area contributed by atoms with Crippen molar-refractivity contribution in [2.45, 2.75) is 18.8 Å². The quantitative estimate of drug-likeness (QED) is 0.614. The van der Waals surface area contributed by atoms with Crippen LogP contribution in [0.15, 0.2) is 53.1 Å². The van der Waals surface area contributed by atoms with E-state index >= 15 is 0 Å². The number of benzene rings is 2. The number of hydrogen-bond acceptors (Lipinski definition) is 6. The number of rotatable bonds is 7. The number of hydrogen-bond donors (Lipinski definition) is 0. The zero-order valence-corrected chi connectivity index (χ0v) is 16.5. The van der Waals surface area contributed by atoms with Crippen LogP contribution in [0.1, 0.15) is 28.8 Å². The van der Waals surface area contributed by atoms with E-state index in [1.54, 1.807) is 14.2 Å². The average Bonchev–Trinajstić information content (AvgIpc) is 3.16. The molecule has 0 unspecified atom stereocenters. The molecule has 1 aliphatic rings. The molecule has 0 spiro atoms. The predicted molar refractivity (Wildman–Crippen MR) is 106 cm³/mol. The highest BCUT2D eigenvalue weighted by Crippen LogP contribution is 2.27. The number of carbonyl (C=O) groups excluding carboxylic acids is 1. The Morgan fingerprint density at radius 3 is 2.59 bits per heavy atom. The fourth-order valence-corrected chi connectivity index (χ4v) is 3.39. The van der Waals surface area contributed by atoms with Gasteiger partial charge in [0, 0.05) is 25.1 Å². The molecule has 7 nitrogen and oxygen atoms in total. The number of amides is 1. The van der Waals surface area contributed by atoms with Crippen molar-refractivity contribution in [3.8, 4) is 11.5 Å². The zero-order chi connectivity index (χ0) is 20.2. The molecular formula is C22H23N3O4. The summed E-state index contributed by atoms with van der Waals surface area (Å²) in [5.41, 5.74) is 1.98. The smallest absolute Gasteiger partial charge is 0.233 e. The Hall–Kier alpha value is -3.35. The van der Waals surface area contributed by atoms with Crippen molar-refractivity contribution in [2.24, 2.45) is 0 Å². The van der Waals surface area contributed by atoms with Crippen molar-refractivity contribution in [3.63, 3.8) is 0 Å². The lowest BCUT2D eigenvalue weighted by atomic mass is 9.98. The number of aromatic nitrogens is 2. The maximum atomic E-state index is 12.5. The number of carbonyl (C=O) groups is 1. The number of ether oxygens (including phenoxy) is 2. The van der Waals surface area contributed by atoms with Crippen molar-refractivity contribution in [2.75, 3.05) is 27.3 Å². The Kier molecular flexibility index (Phi) is 5.46. The molecule has 0 aliphatic carbocycles. The fraction of sp³-hybridized carbons (Fsp3) is 0.318. The monoisotopic (exact) mass is 393 g/mol. The summed E-state index contributed by atoms with van der Waals surface area (Å²) >= 11 is 0. The molecule has 2 aromatic carbocycles. The van der Waals surface area contributed by atoms with E-state index in [2.05, 4.69) is 10.1 Å². The van der Waals surface area contributed by atoms with E-state index < -0.39 is 0 Å². The van der Waals surface area contributed by atoms with Crippen molar-refractivity contribution < 1.29 is 18.8 Å². The Bertz CT molecular complexity index is 978. The van der Waals surface area contributed by atoms with Gasteiger partial charge in [0.05, 0.1) is 26.6 Å². The summed E-state index contributed by atoms with van der Waals surface area (Å²) in [4.78, 5) is 18.8. The number of methoxy groups -OCH3 is 2. The van der Waals surface area contributed by atoms with Crippen LogP contribution in [0.5, 0.6) is 11.5 Å². The molecule has 29 heavy (non-hydrogen) atoms. The van der Waals surface area contributed by atoms with Crippen LogP contribution in [0.4, 0.5) is 0 Å². The summed E-state index contributed by atoms with van der Waals surface area (Å²) in [7, 11) is 3.27. The summed E-state index contributed by atoms with van der Waals surface area (Å²) < 4.78 is 15.9. The van der Waals surface area contributed by atoms with Crippen molar-refractivity contribution >= 4 is 5.91 Å². The van der Waals surface area contributed by atoms with E-state index in [1.807, 2.05) is 53.4 Å². The lowest BCUT2D eigenvalue weighted by Crippen LogP contribution is -2.49. The first-order chi connectivity index (χ1) is 14.2. The maximum Gasteiger partial charge on any atom is 0.233 e. The van der Waals surface area contributed by atoms with Gasteiger partial charge in [0.15, 0.2) is 5.82 Å². The molecule has 4 rings (SSSR count). The van der Waals surface area contributed by atoms with E-state index in [4.69, 9.17) is 14.0 Å². The summed E-state index contributed by atoms with van der Waals surface area (Å²) in [5.74, 6) is 2.98. The van der Waals surface area contributed by atoms with Gasteiger partial charge in [-0.3, -0.25) is 4.79 Å². The molecule has 1 fully saturated rings. The van der Waals surface area contributed by atoms with Crippen LogP contribution in [-0.4, -0.2) is 48.3 Å². The van der Waals surface area contributed by atoms with E-state index in [1.165, 1.54) is 0 Å². The summed E-state index contributed by atoms with van der Waals surface area (Å²) in [6.45, 7) is 1.20. The highest BCUT2D eigenvalue weighted by Gasteiger charge is 2.35. The molecule has 150 valence electrons. The number of para-hydroxylation sites is 1. The second kappa shape index (κ2) is 8.34. The van der Waals surface area contributed by atoms with Crippen LogP contribution in [0.3, 0.4) is 0 Å². The van der Waals surface area contributed by atoms with Gasteiger partial charge in [0.25, 0.3) is 0 Å². The van der Waals surface area contributed by atoms with E-state index in [0.29, 0.717) is 37.6 Å². The van der Waals surface area contributed by atoms with Crippen LogP contribution in [0.2, 0.25) is 0 Å². The van der Waals surface area contributed by atoms with Crippen molar-refractivity contribution in [1.82, 2.24) is 15.0 Å². The van der Waals surface area contributed by atoms with Gasteiger partial charge in [-0.05, 0) is 23.8 Å². The molecule has 0 radical (unpaired) electrons. The first-order valence-corrected chi connectivity index (χ1v) is 9.51. The van der Waals surface area contributed by atoms with Crippen LogP contribution >= 0.6 is 0 Å². The van der Waals surface area contributed by atoms with Gasteiger partial charge in [-0.15, -0.1) is 0 Å². The lowest BCUT2D eigenvalue weighted by molar-refractivity contribution is -0.135. The standard InChI is InChI=1S/C22H23N3O4/c1-27-18-9-7-15(8-10-18)11-21(26)25-13-17(14-25)22-23-20(24-29-22)12-16-5-3-4-6-19(16)28-2/h3-10,17H,11-14H2,1-2H3. The Morgan fingerprint density at radius 2 is 1.86 bits per heavy atom. The van der Waals surface area contributed by atoms with Crippen LogP contribution in [-0.2, 0) is 17.6 Å². The molecule has 7 heteroatoms. The molecular weight excluding hydrogens is 370 g/mol. The van der Waals surface area contributed by atoms with Gasteiger partial charge in [-0.25, -0.2) is 0 Å². The predicted octanol–water partition coefficient (Wildman–Crippen LogP) is 2.85. The Labute approximate surface area is 169 Å². The normalized spacial score (nSPS) is 13.8. The third-order valence-electron chi connectivity index (χ3n) is 5.12.